The van der Waals surface area contributed by atoms with Crippen molar-refractivity contribution >= 4 is 5.97 Å². The highest BCUT2D eigenvalue weighted by Gasteiger charge is 2.53. The third-order valence-corrected chi connectivity index (χ3v) is 5.46. The second-order valence-electron chi connectivity index (χ2n) is 6.05. The molecule has 2 aliphatic carbocycles. The van der Waals surface area contributed by atoms with E-state index < -0.39 is 0 Å². The molecule has 3 fully saturated rings. The van der Waals surface area contributed by atoms with Gasteiger partial charge in [0.15, 0.2) is 0 Å². The summed E-state index contributed by atoms with van der Waals surface area (Å²) in [5.74, 6) is 4.60. The summed E-state index contributed by atoms with van der Waals surface area (Å²) in [7, 11) is 0. The number of esters is 1. The van der Waals surface area contributed by atoms with E-state index in [0.717, 1.165) is 30.1 Å². The van der Waals surface area contributed by atoms with E-state index in [-0.39, 0.29) is 11.9 Å². The van der Waals surface area contributed by atoms with E-state index >= 15 is 0 Å². The Morgan fingerprint density at radius 2 is 1.88 bits per heavy atom. The van der Waals surface area contributed by atoms with Gasteiger partial charge >= 0.3 is 5.97 Å². The van der Waals surface area contributed by atoms with Gasteiger partial charge in [-0.1, -0.05) is 20.4 Å². The number of cyclic esters (lactones) is 1. The van der Waals surface area contributed by atoms with Crippen LogP contribution in [0.2, 0.25) is 0 Å². The SMILES string of the molecule is C=C1CC(C2CC3CC2C(C)C3C)C(=O)O1. The molecule has 3 rings (SSSR count). The normalized spacial score (nSPS) is 51.1. The van der Waals surface area contributed by atoms with Crippen molar-refractivity contribution < 1.29 is 9.53 Å². The summed E-state index contributed by atoms with van der Waals surface area (Å²) in [4.78, 5) is 11.8. The van der Waals surface area contributed by atoms with Crippen molar-refractivity contribution in [2.24, 2.45) is 35.5 Å². The molecule has 0 aromatic rings. The molecule has 1 saturated heterocycles. The van der Waals surface area contributed by atoms with E-state index in [1.54, 1.807) is 0 Å². The lowest BCUT2D eigenvalue weighted by atomic mass is 9.70. The Balaban J connectivity index is 1.79. The molecule has 0 amide bonds. The van der Waals surface area contributed by atoms with E-state index in [1.807, 2.05) is 0 Å². The van der Waals surface area contributed by atoms with Gasteiger partial charge in [-0.25, -0.2) is 0 Å². The monoisotopic (exact) mass is 220 g/mol. The van der Waals surface area contributed by atoms with Crippen LogP contribution in [0.25, 0.3) is 0 Å². The molecule has 0 aromatic carbocycles. The first-order valence-corrected chi connectivity index (χ1v) is 6.47. The first-order valence-electron chi connectivity index (χ1n) is 6.47. The van der Waals surface area contributed by atoms with Crippen LogP contribution >= 0.6 is 0 Å². The predicted octanol–water partition coefficient (Wildman–Crippen LogP) is 2.99. The number of hydrogen-bond donors (Lipinski definition) is 0. The molecule has 0 aromatic heterocycles. The molecule has 0 radical (unpaired) electrons. The van der Waals surface area contributed by atoms with Crippen LogP contribution in [0.4, 0.5) is 0 Å². The fraction of sp³-hybridized carbons (Fsp3) is 0.786. The zero-order chi connectivity index (χ0) is 11.4. The topological polar surface area (TPSA) is 26.3 Å². The molecule has 16 heavy (non-hydrogen) atoms. The molecule has 0 N–H and O–H groups in total. The van der Waals surface area contributed by atoms with Crippen molar-refractivity contribution in [3.05, 3.63) is 12.3 Å². The van der Waals surface area contributed by atoms with E-state index in [2.05, 4.69) is 20.4 Å². The second kappa shape index (κ2) is 3.35. The highest BCUT2D eigenvalue weighted by atomic mass is 16.5. The zero-order valence-electron chi connectivity index (χ0n) is 10.1. The standard InChI is InChI=1S/C14H20O2/c1-7-4-13(14(15)16-7)12-6-10-5-11(12)9(3)8(10)2/h8-13H,1,4-6H2,2-3H3. The van der Waals surface area contributed by atoms with Crippen molar-refractivity contribution in [2.75, 3.05) is 0 Å². The summed E-state index contributed by atoms with van der Waals surface area (Å²) in [5, 5.41) is 0. The first-order chi connectivity index (χ1) is 7.58. The maximum atomic E-state index is 11.8. The molecule has 6 atom stereocenters. The van der Waals surface area contributed by atoms with Crippen LogP contribution in [-0.4, -0.2) is 5.97 Å². The molecule has 2 saturated carbocycles. The molecule has 2 heteroatoms. The molecule has 1 heterocycles. The summed E-state index contributed by atoms with van der Waals surface area (Å²) < 4.78 is 5.12. The van der Waals surface area contributed by atoms with Gasteiger partial charge < -0.3 is 4.74 Å². The molecular weight excluding hydrogens is 200 g/mol. The van der Waals surface area contributed by atoms with E-state index in [0.29, 0.717) is 11.7 Å². The van der Waals surface area contributed by atoms with Crippen LogP contribution in [0.1, 0.15) is 33.1 Å². The van der Waals surface area contributed by atoms with Crippen molar-refractivity contribution in [2.45, 2.75) is 33.1 Å². The maximum Gasteiger partial charge on any atom is 0.314 e. The summed E-state index contributed by atoms with van der Waals surface area (Å²) in [6.45, 7) is 8.51. The van der Waals surface area contributed by atoms with Crippen molar-refractivity contribution in [1.29, 1.82) is 0 Å². The van der Waals surface area contributed by atoms with Gasteiger partial charge in [-0.3, -0.25) is 4.79 Å². The lowest BCUT2D eigenvalue weighted by molar-refractivity contribution is -0.141. The van der Waals surface area contributed by atoms with Crippen molar-refractivity contribution in [3.63, 3.8) is 0 Å². The van der Waals surface area contributed by atoms with E-state index in [9.17, 15) is 4.79 Å². The van der Waals surface area contributed by atoms with Crippen LogP contribution in [0.3, 0.4) is 0 Å². The van der Waals surface area contributed by atoms with Gasteiger partial charge in [0.2, 0.25) is 0 Å². The summed E-state index contributed by atoms with van der Waals surface area (Å²) >= 11 is 0. The fourth-order valence-corrected chi connectivity index (χ4v) is 4.38. The average molecular weight is 220 g/mol. The Kier molecular flexibility index (Phi) is 2.17. The number of allylic oxidation sites excluding steroid dienone is 1. The molecule has 1 aliphatic heterocycles. The Hall–Kier alpha value is -0.790. The minimum atomic E-state index is -0.0117. The molecule has 3 aliphatic rings. The van der Waals surface area contributed by atoms with Crippen LogP contribution in [0.5, 0.6) is 0 Å². The number of hydrogen-bond acceptors (Lipinski definition) is 2. The molecule has 6 unspecified atom stereocenters. The summed E-state index contributed by atoms with van der Waals surface area (Å²) in [6.07, 6.45) is 3.35. The zero-order valence-corrected chi connectivity index (χ0v) is 10.1. The maximum absolute atomic E-state index is 11.8. The minimum absolute atomic E-state index is 0.0117. The van der Waals surface area contributed by atoms with Crippen molar-refractivity contribution in [3.8, 4) is 0 Å². The fourth-order valence-electron chi connectivity index (χ4n) is 4.38. The van der Waals surface area contributed by atoms with Gasteiger partial charge in [0.1, 0.15) is 5.76 Å². The van der Waals surface area contributed by atoms with Gasteiger partial charge in [0, 0.05) is 6.42 Å². The molecule has 2 bridgehead atoms. The molecule has 2 nitrogen and oxygen atoms in total. The molecular formula is C14H20O2. The van der Waals surface area contributed by atoms with Gasteiger partial charge in [-0.2, -0.15) is 0 Å². The summed E-state index contributed by atoms with van der Waals surface area (Å²) in [6, 6.07) is 0. The minimum Gasteiger partial charge on any atom is -0.431 e. The largest absolute Gasteiger partial charge is 0.431 e. The molecule has 0 spiro atoms. The predicted molar refractivity (Wildman–Crippen MR) is 61.4 cm³/mol. The Morgan fingerprint density at radius 1 is 1.19 bits per heavy atom. The summed E-state index contributed by atoms with van der Waals surface area (Å²) in [5.41, 5.74) is 0. The highest BCUT2D eigenvalue weighted by molar-refractivity contribution is 5.76. The van der Waals surface area contributed by atoms with Crippen molar-refractivity contribution in [1.82, 2.24) is 0 Å². The Labute approximate surface area is 97.1 Å². The van der Waals surface area contributed by atoms with Crippen LogP contribution < -0.4 is 0 Å². The number of ether oxygens (including phenoxy) is 1. The number of carbonyl (C=O) groups excluding carboxylic acids is 1. The first kappa shape index (κ1) is 10.4. The highest BCUT2D eigenvalue weighted by Crippen LogP contribution is 2.58. The Morgan fingerprint density at radius 3 is 2.38 bits per heavy atom. The smallest absolute Gasteiger partial charge is 0.314 e. The van der Waals surface area contributed by atoms with Gasteiger partial charge in [0.25, 0.3) is 0 Å². The quantitative estimate of drug-likeness (QED) is 0.635. The van der Waals surface area contributed by atoms with E-state index in [4.69, 9.17) is 4.74 Å². The van der Waals surface area contributed by atoms with Gasteiger partial charge in [0.05, 0.1) is 5.92 Å². The number of fused-ring (bicyclic) bond motifs is 2. The third kappa shape index (κ3) is 1.28. The van der Waals surface area contributed by atoms with Crippen LogP contribution in [0, 0.1) is 35.5 Å². The van der Waals surface area contributed by atoms with E-state index in [1.165, 1.54) is 12.8 Å². The number of carbonyl (C=O) groups is 1. The number of rotatable bonds is 1. The lowest BCUT2D eigenvalue weighted by Crippen LogP contribution is -2.31. The van der Waals surface area contributed by atoms with Gasteiger partial charge in [-0.15, -0.1) is 0 Å². The average Bonchev–Trinajstić information content (AvgIpc) is 2.85. The third-order valence-electron chi connectivity index (χ3n) is 5.46. The van der Waals surface area contributed by atoms with Crippen LogP contribution in [0.15, 0.2) is 12.3 Å². The molecule has 88 valence electrons. The lowest BCUT2D eigenvalue weighted by Gasteiger charge is -2.33. The Bertz CT molecular complexity index is 345. The van der Waals surface area contributed by atoms with Crippen LogP contribution in [-0.2, 0) is 9.53 Å². The second-order valence-corrected chi connectivity index (χ2v) is 6.05. The van der Waals surface area contributed by atoms with Gasteiger partial charge in [-0.05, 0) is 42.4 Å².